The molecule has 6 aliphatic carbocycles. The van der Waals surface area contributed by atoms with Gasteiger partial charge in [-0.25, -0.2) is 0 Å². The molecule has 6 rings (SSSR count). The zero-order valence-electron chi connectivity index (χ0n) is 29.4. The Balaban J connectivity index is 0.000000200. The molecule has 0 spiro atoms. The van der Waals surface area contributed by atoms with Gasteiger partial charge in [-0.1, -0.05) is 104 Å². The molecule has 0 heterocycles. The van der Waals surface area contributed by atoms with Crippen LogP contribution in [0, 0.1) is 57.2 Å². The maximum Gasteiger partial charge on any atom is 2.00 e. The minimum Gasteiger partial charge on any atom is -0.550 e. The molecule has 8 atom stereocenters. The third-order valence-corrected chi connectivity index (χ3v) is 14.1. The third kappa shape index (κ3) is 6.25. The topological polar surface area (TPSA) is 80.3 Å². The summed E-state index contributed by atoms with van der Waals surface area (Å²) in [6.45, 7) is 17.7. The zero-order chi connectivity index (χ0) is 32.2. The molecule has 246 valence electrons. The van der Waals surface area contributed by atoms with Crippen LogP contribution < -0.4 is 10.2 Å². The molecule has 2 fully saturated rings. The van der Waals surface area contributed by atoms with Crippen LogP contribution in [0.4, 0.5) is 0 Å². The smallest absolute Gasteiger partial charge is 0.550 e. The predicted octanol–water partition coefficient (Wildman–Crippen LogP) is 7.36. The van der Waals surface area contributed by atoms with Crippen molar-refractivity contribution in [3.8, 4) is 0 Å². The van der Waals surface area contributed by atoms with Gasteiger partial charge in [0.05, 0.1) is 0 Å². The number of carboxylic acid groups (broad SMARTS) is 2. The van der Waals surface area contributed by atoms with Crippen LogP contribution in [-0.2, 0) is 9.59 Å². The van der Waals surface area contributed by atoms with Crippen LogP contribution in [0.5, 0.6) is 0 Å². The first kappa shape index (κ1) is 36.7. The number of fused-ring (bicyclic) bond motifs is 6. The van der Waals surface area contributed by atoms with Crippen molar-refractivity contribution in [2.24, 2.45) is 57.2 Å². The van der Waals surface area contributed by atoms with Gasteiger partial charge in [0, 0.05) is 22.8 Å². The van der Waals surface area contributed by atoms with Gasteiger partial charge in [0.2, 0.25) is 0 Å². The minimum absolute atomic E-state index is 0. The molecular weight excluding hydrogens is 752 g/mol. The molecule has 0 bridgehead atoms. The Hall–Kier alpha value is -1.18. The van der Waals surface area contributed by atoms with Gasteiger partial charge in [-0.05, 0) is 122 Å². The van der Waals surface area contributed by atoms with E-state index in [1.165, 1.54) is 36.8 Å². The number of hydrogen-bond acceptors (Lipinski definition) is 4. The third-order valence-electron chi connectivity index (χ3n) is 14.1. The van der Waals surface area contributed by atoms with Crippen LogP contribution in [0.15, 0.2) is 46.6 Å². The van der Waals surface area contributed by atoms with E-state index in [-0.39, 0.29) is 50.0 Å². The number of carboxylic acids is 2. The maximum atomic E-state index is 11.8. The molecule has 0 aromatic carbocycles. The number of carbonyl (C=O) groups excluding carboxylic acids is 2. The summed E-state index contributed by atoms with van der Waals surface area (Å²) in [6.07, 6.45) is 21.9. The van der Waals surface area contributed by atoms with E-state index in [1.807, 2.05) is 13.8 Å². The molecule has 0 aromatic heterocycles. The molecule has 0 amide bonds. The Labute approximate surface area is 293 Å². The van der Waals surface area contributed by atoms with E-state index < -0.39 is 22.8 Å². The number of hydrogen-bond donors (Lipinski definition) is 0. The van der Waals surface area contributed by atoms with Gasteiger partial charge in [0.1, 0.15) is 0 Å². The van der Waals surface area contributed by atoms with Crippen molar-refractivity contribution in [2.45, 2.75) is 132 Å². The molecule has 4 nitrogen and oxygen atoms in total. The maximum absolute atomic E-state index is 11.8. The second kappa shape index (κ2) is 13.4. The summed E-state index contributed by atoms with van der Waals surface area (Å²) in [5.74, 6) is 1.08. The van der Waals surface area contributed by atoms with E-state index in [0.29, 0.717) is 23.7 Å². The van der Waals surface area contributed by atoms with Crippen LogP contribution >= 0.6 is 0 Å². The van der Waals surface area contributed by atoms with E-state index in [0.717, 1.165) is 51.4 Å². The number of carbonyl (C=O) groups is 2. The number of allylic oxidation sites excluding steroid dienone is 8. The Morgan fingerprint density at radius 3 is 1.33 bits per heavy atom. The summed E-state index contributed by atoms with van der Waals surface area (Å²) in [7, 11) is 0. The van der Waals surface area contributed by atoms with Gasteiger partial charge in [0.25, 0.3) is 0 Å². The Morgan fingerprint density at radius 1 is 0.667 bits per heavy atom. The summed E-state index contributed by atoms with van der Waals surface area (Å²) >= 11 is 0. The van der Waals surface area contributed by atoms with Gasteiger partial charge >= 0.3 is 27.3 Å². The molecule has 0 N–H and O–H groups in total. The summed E-state index contributed by atoms with van der Waals surface area (Å²) < 4.78 is 0. The fourth-order valence-corrected chi connectivity index (χ4v) is 11.2. The molecular formula is C40H58O4Pb. The standard InChI is InChI=1S/2C20H30O2.Pb/c2*1-13(2)14-6-8-16-15(12-14)7-9-17-19(16,3)10-5-11-20(17,4)18(21)22;/h2*7,12-13,16-17H,5-6,8-11H2,1-4H3,(H,21,22);/q;;+2/p-2. The van der Waals surface area contributed by atoms with Crippen molar-refractivity contribution < 1.29 is 19.8 Å². The normalized spacial score (nSPS) is 40.4. The second-order valence-corrected chi connectivity index (χ2v) is 17.0. The van der Waals surface area contributed by atoms with E-state index in [4.69, 9.17) is 0 Å². The molecule has 45 heavy (non-hydrogen) atoms. The van der Waals surface area contributed by atoms with Gasteiger partial charge < -0.3 is 19.8 Å². The monoisotopic (exact) mass is 810 g/mol. The molecule has 2 saturated carbocycles. The zero-order valence-corrected chi connectivity index (χ0v) is 33.3. The van der Waals surface area contributed by atoms with Crippen molar-refractivity contribution >= 4 is 39.2 Å². The first-order valence-electron chi connectivity index (χ1n) is 17.8. The summed E-state index contributed by atoms with van der Waals surface area (Å²) in [5.41, 5.74) is 5.01. The second-order valence-electron chi connectivity index (χ2n) is 17.0. The minimum atomic E-state index is -0.838. The van der Waals surface area contributed by atoms with Crippen LogP contribution in [0.1, 0.15) is 132 Å². The van der Waals surface area contributed by atoms with Crippen molar-refractivity contribution in [3.05, 3.63) is 46.6 Å². The van der Waals surface area contributed by atoms with E-state index in [1.54, 1.807) is 11.1 Å². The summed E-state index contributed by atoms with van der Waals surface area (Å²) in [4.78, 5) is 23.7. The molecule has 0 aliphatic heterocycles. The Morgan fingerprint density at radius 2 is 1.02 bits per heavy atom. The average Bonchev–Trinajstić information content (AvgIpc) is 2.96. The Kier molecular flexibility index (Phi) is 10.9. The van der Waals surface area contributed by atoms with Gasteiger partial charge in [0.15, 0.2) is 0 Å². The van der Waals surface area contributed by atoms with Crippen molar-refractivity contribution in [1.82, 2.24) is 0 Å². The van der Waals surface area contributed by atoms with Gasteiger partial charge in [-0.15, -0.1) is 0 Å². The van der Waals surface area contributed by atoms with Crippen molar-refractivity contribution in [1.29, 1.82) is 0 Å². The fourth-order valence-electron chi connectivity index (χ4n) is 11.2. The quantitative estimate of drug-likeness (QED) is 0.278. The van der Waals surface area contributed by atoms with E-state index in [2.05, 4.69) is 65.8 Å². The van der Waals surface area contributed by atoms with E-state index in [9.17, 15) is 19.8 Å². The molecule has 0 aromatic rings. The van der Waals surface area contributed by atoms with Crippen LogP contribution in [0.25, 0.3) is 0 Å². The first-order valence-corrected chi connectivity index (χ1v) is 17.8. The van der Waals surface area contributed by atoms with E-state index >= 15 is 0 Å². The molecule has 8 unspecified atom stereocenters. The molecule has 2 radical (unpaired) electrons. The molecule has 5 heteroatoms. The Bertz CT molecular complexity index is 1190. The number of rotatable bonds is 4. The average molecular weight is 810 g/mol. The van der Waals surface area contributed by atoms with Crippen molar-refractivity contribution in [2.75, 3.05) is 0 Å². The van der Waals surface area contributed by atoms with Gasteiger partial charge in [-0.2, -0.15) is 0 Å². The van der Waals surface area contributed by atoms with Gasteiger partial charge in [-0.3, -0.25) is 0 Å². The van der Waals surface area contributed by atoms with Crippen molar-refractivity contribution in [3.63, 3.8) is 0 Å². The first-order chi connectivity index (χ1) is 20.6. The molecule has 0 saturated heterocycles. The largest absolute Gasteiger partial charge is 2.00 e. The predicted molar refractivity (Wildman–Crippen MR) is 180 cm³/mol. The SMILES string of the molecule is CC(C)C1=CC2=CCC3C(C)(C(=O)[O-])CCCC3(C)C2CC1.CC(C)C1=CC2=CCC3C(C)(C(=O)[O-])CCCC3(C)C2CC1.[Pb+2]. The van der Waals surface area contributed by atoms with Crippen LogP contribution in [-0.4, -0.2) is 39.2 Å². The summed E-state index contributed by atoms with van der Waals surface area (Å²) in [5, 5.41) is 23.7. The van der Waals surface area contributed by atoms with Crippen LogP contribution in [0.3, 0.4) is 0 Å². The van der Waals surface area contributed by atoms with Crippen LogP contribution in [0.2, 0.25) is 0 Å². The fraction of sp³-hybridized carbons (Fsp3) is 0.750. The number of aliphatic carboxylic acids is 2. The molecule has 6 aliphatic rings. The summed E-state index contributed by atoms with van der Waals surface area (Å²) in [6, 6.07) is 0.